The highest BCUT2D eigenvalue weighted by Gasteiger charge is 2.37. The molecule has 0 aromatic heterocycles. The van der Waals surface area contributed by atoms with Crippen LogP contribution in [0, 0.1) is 0 Å². The van der Waals surface area contributed by atoms with Crippen molar-refractivity contribution in [2.24, 2.45) is 0 Å². The lowest BCUT2D eigenvalue weighted by Crippen LogP contribution is -2.45. The highest BCUT2D eigenvalue weighted by Crippen LogP contribution is 2.38. The zero-order valence-electron chi connectivity index (χ0n) is 14.2. The summed E-state index contributed by atoms with van der Waals surface area (Å²) in [5.74, 6) is 0.955. The van der Waals surface area contributed by atoms with Gasteiger partial charge in [0.2, 0.25) is 0 Å². The van der Waals surface area contributed by atoms with E-state index in [1.54, 1.807) is 0 Å². The maximum absolute atomic E-state index is 5.96. The number of rotatable bonds is 10. The van der Waals surface area contributed by atoms with Crippen LogP contribution in [0.3, 0.4) is 0 Å². The van der Waals surface area contributed by atoms with Gasteiger partial charge in [0.05, 0.1) is 18.2 Å². The second kappa shape index (κ2) is 9.06. The van der Waals surface area contributed by atoms with E-state index in [0.29, 0.717) is 6.61 Å². The predicted molar refractivity (Wildman–Crippen MR) is 89.0 cm³/mol. The molecule has 1 unspecified atom stereocenters. The summed E-state index contributed by atoms with van der Waals surface area (Å²) in [6.07, 6.45) is 3.02. The molecular formula is C18H31NO2. The number of para-hydroxylation sites is 1. The van der Waals surface area contributed by atoms with Gasteiger partial charge in [-0.05, 0) is 38.8 Å². The molecule has 0 amide bonds. The fourth-order valence-corrected chi connectivity index (χ4v) is 2.94. The normalized spacial score (nSPS) is 13.2. The van der Waals surface area contributed by atoms with Gasteiger partial charge >= 0.3 is 0 Å². The monoisotopic (exact) mass is 293 g/mol. The lowest BCUT2D eigenvalue weighted by molar-refractivity contribution is -0.0491. The minimum Gasteiger partial charge on any atom is -0.494 e. The molecule has 0 radical (unpaired) electrons. The Morgan fingerprint density at radius 1 is 1.10 bits per heavy atom. The zero-order valence-corrected chi connectivity index (χ0v) is 14.2. The van der Waals surface area contributed by atoms with Crippen LogP contribution < -0.4 is 10.1 Å². The molecular weight excluding hydrogens is 262 g/mol. The van der Waals surface area contributed by atoms with Gasteiger partial charge in [-0.15, -0.1) is 0 Å². The van der Waals surface area contributed by atoms with Crippen LogP contribution in [0.4, 0.5) is 0 Å². The molecule has 1 aromatic rings. The third-order valence-corrected chi connectivity index (χ3v) is 4.26. The number of methoxy groups -OCH3 is 1. The van der Waals surface area contributed by atoms with Crippen molar-refractivity contribution in [2.45, 2.75) is 58.6 Å². The molecule has 3 heteroatoms. The lowest BCUT2D eigenvalue weighted by Gasteiger charge is -2.40. The Labute approximate surface area is 130 Å². The van der Waals surface area contributed by atoms with E-state index in [-0.39, 0.29) is 11.6 Å². The Kier molecular flexibility index (Phi) is 7.76. The molecule has 1 aromatic carbocycles. The first-order valence-electron chi connectivity index (χ1n) is 8.19. The third kappa shape index (κ3) is 4.21. The van der Waals surface area contributed by atoms with Crippen molar-refractivity contribution < 1.29 is 9.47 Å². The van der Waals surface area contributed by atoms with Gasteiger partial charge in [-0.25, -0.2) is 0 Å². The molecule has 0 heterocycles. The summed E-state index contributed by atoms with van der Waals surface area (Å²) in [5.41, 5.74) is 0.987. The molecule has 0 bridgehead atoms. The highest BCUT2D eigenvalue weighted by molar-refractivity contribution is 5.37. The van der Waals surface area contributed by atoms with Crippen LogP contribution in [0.5, 0.6) is 5.75 Å². The van der Waals surface area contributed by atoms with E-state index in [9.17, 15) is 0 Å². The Morgan fingerprint density at radius 2 is 1.76 bits per heavy atom. The molecule has 0 spiro atoms. The van der Waals surface area contributed by atoms with E-state index in [0.717, 1.165) is 31.6 Å². The Bertz CT molecular complexity index is 394. The van der Waals surface area contributed by atoms with E-state index in [1.807, 2.05) is 26.2 Å². The van der Waals surface area contributed by atoms with Gasteiger partial charge in [0.25, 0.3) is 0 Å². The number of hydrogen-bond donors (Lipinski definition) is 1. The van der Waals surface area contributed by atoms with Crippen molar-refractivity contribution >= 4 is 0 Å². The van der Waals surface area contributed by atoms with Gasteiger partial charge < -0.3 is 14.8 Å². The summed E-state index contributed by atoms with van der Waals surface area (Å²) < 4.78 is 11.8. The molecule has 0 saturated carbocycles. The van der Waals surface area contributed by atoms with Crippen LogP contribution in [0.2, 0.25) is 0 Å². The van der Waals surface area contributed by atoms with Crippen LogP contribution >= 0.6 is 0 Å². The molecule has 0 fully saturated rings. The van der Waals surface area contributed by atoms with E-state index in [2.05, 4.69) is 38.2 Å². The standard InChI is InChI=1S/C18H31NO2/c1-6-14-19-17(18(7-2,8-3)20-5)15-12-10-11-13-16(15)21-9-4/h10-13,17,19H,6-9,14H2,1-5H3. The van der Waals surface area contributed by atoms with E-state index in [1.165, 1.54) is 5.56 Å². The van der Waals surface area contributed by atoms with Crippen LogP contribution in [-0.4, -0.2) is 25.9 Å². The van der Waals surface area contributed by atoms with Crippen LogP contribution in [0.25, 0.3) is 0 Å². The molecule has 0 aliphatic rings. The van der Waals surface area contributed by atoms with Crippen LogP contribution in [0.1, 0.15) is 58.6 Å². The summed E-state index contributed by atoms with van der Waals surface area (Å²) in [7, 11) is 1.82. The van der Waals surface area contributed by atoms with Crippen molar-refractivity contribution in [3.05, 3.63) is 29.8 Å². The maximum Gasteiger partial charge on any atom is 0.124 e. The van der Waals surface area contributed by atoms with Gasteiger partial charge in [-0.2, -0.15) is 0 Å². The van der Waals surface area contributed by atoms with Gasteiger partial charge in [0.1, 0.15) is 5.75 Å². The largest absolute Gasteiger partial charge is 0.494 e. The first-order chi connectivity index (χ1) is 10.2. The topological polar surface area (TPSA) is 30.5 Å². The number of benzene rings is 1. The molecule has 0 saturated heterocycles. The molecule has 0 aliphatic carbocycles. The van der Waals surface area contributed by atoms with E-state index in [4.69, 9.17) is 9.47 Å². The predicted octanol–water partition coefficient (Wildman–Crippen LogP) is 4.33. The fourth-order valence-electron chi connectivity index (χ4n) is 2.94. The van der Waals surface area contributed by atoms with Crippen molar-refractivity contribution in [3.8, 4) is 5.75 Å². The second-order valence-electron chi connectivity index (χ2n) is 5.33. The highest BCUT2D eigenvalue weighted by atomic mass is 16.5. The van der Waals surface area contributed by atoms with Crippen LogP contribution in [-0.2, 0) is 4.74 Å². The quantitative estimate of drug-likeness (QED) is 0.696. The van der Waals surface area contributed by atoms with Gasteiger partial charge in [-0.1, -0.05) is 39.0 Å². The Hall–Kier alpha value is -1.06. The van der Waals surface area contributed by atoms with Gasteiger partial charge in [0.15, 0.2) is 0 Å². The lowest BCUT2D eigenvalue weighted by atomic mass is 9.83. The molecule has 1 rings (SSSR count). The number of nitrogens with one attached hydrogen (secondary N) is 1. The third-order valence-electron chi connectivity index (χ3n) is 4.26. The Morgan fingerprint density at radius 3 is 2.29 bits per heavy atom. The summed E-state index contributed by atoms with van der Waals surface area (Å²) in [6.45, 7) is 10.2. The molecule has 120 valence electrons. The Balaban J connectivity index is 3.23. The van der Waals surface area contributed by atoms with E-state index < -0.39 is 0 Å². The zero-order chi connectivity index (χ0) is 15.7. The number of ether oxygens (including phenoxy) is 2. The molecule has 1 N–H and O–H groups in total. The summed E-state index contributed by atoms with van der Waals surface area (Å²) in [6, 6.07) is 8.44. The van der Waals surface area contributed by atoms with Crippen LogP contribution in [0.15, 0.2) is 24.3 Å². The second-order valence-corrected chi connectivity index (χ2v) is 5.33. The maximum atomic E-state index is 5.96. The molecule has 1 atom stereocenters. The molecule has 0 aliphatic heterocycles. The first-order valence-corrected chi connectivity index (χ1v) is 8.19. The molecule has 21 heavy (non-hydrogen) atoms. The summed E-state index contributed by atoms with van der Waals surface area (Å²) in [4.78, 5) is 0. The van der Waals surface area contributed by atoms with Gasteiger partial charge in [0, 0.05) is 12.7 Å². The molecule has 3 nitrogen and oxygen atoms in total. The van der Waals surface area contributed by atoms with Crippen molar-refractivity contribution in [1.29, 1.82) is 0 Å². The van der Waals surface area contributed by atoms with Crippen molar-refractivity contribution in [3.63, 3.8) is 0 Å². The fraction of sp³-hybridized carbons (Fsp3) is 0.667. The smallest absolute Gasteiger partial charge is 0.124 e. The minimum atomic E-state index is -0.206. The van der Waals surface area contributed by atoms with Crippen molar-refractivity contribution in [2.75, 3.05) is 20.3 Å². The average Bonchev–Trinajstić information content (AvgIpc) is 2.53. The average molecular weight is 293 g/mol. The minimum absolute atomic E-state index is 0.139. The van der Waals surface area contributed by atoms with Crippen molar-refractivity contribution in [1.82, 2.24) is 5.32 Å². The van der Waals surface area contributed by atoms with Gasteiger partial charge in [-0.3, -0.25) is 0 Å². The summed E-state index contributed by atoms with van der Waals surface area (Å²) >= 11 is 0. The number of hydrogen-bond acceptors (Lipinski definition) is 3. The SMILES string of the molecule is CCCNC(c1ccccc1OCC)C(CC)(CC)OC. The first kappa shape index (κ1) is 18.0. The van der Waals surface area contributed by atoms with E-state index >= 15 is 0 Å². The summed E-state index contributed by atoms with van der Waals surface area (Å²) in [5, 5.41) is 3.67.